The zero-order chi connectivity index (χ0) is 24.7. The summed E-state index contributed by atoms with van der Waals surface area (Å²) in [5.41, 5.74) is 3.86. The molecule has 0 aliphatic carbocycles. The van der Waals surface area contributed by atoms with Gasteiger partial charge in [0.25, 0.3) is 5.91 Å². The summed E-state index contributed by atoms with van der Waals surface area (Å²) in [7, 11) is 1.64. The minimum Gasteiger partial charge on any atom is -0.394 e. The summed E-state index contributed by atoms with van der Waals surface area (Å²) in [5.74, 6) is -0.465. The van der Waals surface area contributed by atoms with E-state index in [-0.39, 0.29) is 37.0 Å². The van der Waals surface area contributed by atoms with E-state index in [0.717, 1.165) is 11.1 Å². The fourth-order valence-corrected chi connectivity index (χ4v) is 4.30. The smallest absolute Gasteiger partial charge is 0.252 e. The van der Waals surface area contributed by atoms with E-state index in [4.69, 9.17) is 4.74 Å². The Morgan fingerprint density at radius 2 is 1.82 bits per heavy atom. The number of aliphatic hydroxyl groups excluding tert-OH is 2. The van der Waals surface area contributed by atoms with Gasteiger partial charge in [-0.05, 0) is 42.2 Å². The molecule has 2 aromatic rings. The number of hydrogen-bond donors (Lipinski definition) is 3. The molecule has 0 fully saturated rings. The van der Waals surface area contributed by atoms with Crippen molar-refractivity contribution in [3.63, 3.8) is 0 Å². The standard InChI is InChI=1S/C27H34N2O5/c1-18(26(34-3)20-11-13-23(14-12-20)28-27(33)19(2)31)7-6-10-25(32)29-16-22-9-5-4-8-21(22)15-24(29)17-30/h4-9,11-14,18-19,24,26,30-31H,10,15-17H2,1-3H3,(H,28,33)/b7-6+/t18-,19-,24-,26+/m0/s1. The highest BCUT2D eigenvalue weighted by atomic mass is 16.5. The number of fused-ring (bicyclic) bond motifs is 1. The van der Waals surface area contributed by atoms with E-state index >= 15 is 0 Å². The van der Waals surface area contributed by atoms with Gasteiger partial charge in [-0.2, -0.15) is 0 Å². The molecule has 0 aromatic heterocycles. The fourth-order valence-electron chi connectivity index (χ4n) is 4.30. The first kappa shape index (κ1) is 25.6. The average molecular weight is 467 g/mol. The summed E-state index contributed by atoms with van der Waals surface area (Å²) in [6.07, 6.45) is 3.46. The van der Waals surface area contributed by atoms with E-state index < -0.39 is 12.0 Å². The number of carbonyl (C=O) groups excluding carboxylic acids is 2. The van der Waals surface area contributed by atoms with Crippen LogP contribution in [0.4, 0.5) is 5.69 Å². The van der Waals surface area contributed by atoms with Crippen LogP contribution in [-0.4, -0.2) is 52.8 Å². The molecule has 1 aliphatic rings. The lowest BCUT2D eigenvalue weighted by Gasteiger charge is -2.36. The molecule has 34 heavy (non-hydrogen) atoms. The molecule has 1 aliphatic heterocycles. The number of benzene rings is 2. The Hall–Kier alpha value is -3.00. The van der Waals surface area contributed by atoms with Crippen LogP contribution in [0.1, 0.15) is 43.1 Å². The maximum absolute atomic E-state index is 12.9. The van der Waals surface area contributed by atoms with Gasteiger partial charge in [-0.25, -0.2) is 0 Å². The van der Waals surface area contributed by atoms with Crippen molar-refractivity contribution in [1.82, 2.24) is 4.90 Å². The summed E-state index contributed by atoms with van der Waals surface area (Å²) >= 11 is 0. The highest BCUT2D eigenvalue weighted by Gasteiger charge is 2.28. The van der Waals surface area contributed by atoms with Crippen LogP contribution in [-0.2, 0) is 27.3 Å². The molecule has 1 heterocycles. The minimum atomic E-state index is -1.08. The molecule has 7 nitrogen and oxygen atoms in total. The number of hydrogen-bond acceptors (Lipinski definition) is 5. The third-order valence-electron chi connectivity index (χ3n) is 6.24. The molecule has 7 heteroatoms. The van der Waals surface area contributed by atoms with Crippen molar-refractivity contribution in [2.45, 2.75) is 51.5 Å². The maximum Gasteiger partial charge on any atom is 0.252 e. The van der Waals surface area contributed by atoms with Crippen molar-refractivity contribution < 1.29 is 24.5 Å². The number of rotatable bonds is 9. The van der Waals surface area contributed by atoms with Gasteiger partial charge in [0.05, 0.1) is 18.8 Å². The molecule has 0 radical (unpaired) electrons. The zero-order valence-electron chi connectivity index (χ0n) is 20.0. The lowest BCUT2D eigenvalue weighted by atomic mass is 9.93. The average Bonchev–Trinajstić information content (AvgIpc) is 2.84. The lowest BCUT2D eigenvalue weighted by Crippen LogP contribution is -2.46. The number of anilines is 1. The van der Waals surface area contributed by atoms with Gasteiger partial charge in [-0.3, -0.25) is 9.59 Å². The first-order chi connectivity index (χ1) is 16.3. The van der Waals surface area contributed by atoms with Crippen LogP contribution >= 0.6 is 0 Å². The van der Waals surface area contributed by atoms with Crippen LogP contribution < -0.4 is 5.32 Å². The van der Waals surface area contributed by atoms with Crippen LogP contribution in [0.3, 0.4) is 0 Å². The van der Waals surface area contributed by atoms with Crippen molar-refractivity contribution in [2.75, 3.05) is 19.0 Å². The Morgan fingerprint density at radius 1 is 1.15 bits per heavy atom. The van der Waals surface area contributed by atoms with Crippen molar-refractivity contribution in [1.29, 1.82) is 0 Å². The molecule has 2 amide bonds. The normalized spacial score (nSPS) is 18.3. The summed E-state index contributed by atoms with van der Waals surface area (Å²) in [6.45, 7) is 3.89. The van der Waals surface area contributed by atoms with E-state index in [0.29, 0.717) is 18.7 Å². The first-order valence-corrected chi connectivity index (χ1v) is 11.6. The number of ether oxygens (including phenoxy) is 1. The summed E-state index contributed by atoms with van der Waals surface area (Å²) in [6, 6.07) is 15.1. The largest absolute Gasteiger partial charge is 0.394 e. The highest BCUT2D eigenvalue weighted by molar-refractivity contribution is 5.93. The SMILES string of the molecule is CO[C@@H](c1ccc(NC(=O)[C@H](C)O)cc1)[C@@H](C)/C=C/CC(=O)N1Cc2ccccc2C[C@H]1CO. The molecule has 182 valence electrons. The topological polar surface area (TPSA) is 99.1 Å². The second-order valence-corrected chi connectivity index (χ2v) is 8.77. The quantitative estimate of drug-likeness (QED) is 0.493. The van der Waals surface area contributed by atoms with Crippen LogP contribution in [0.5, 0.6) is 0 Å². The molecule has 3 rings (SSSR count). The Balaban J connectivity index is 1.60. The predicted molar refractivity (Wildman–Crippen MR) is 131 cm³/mol. The Kier molecular flexibility index (Phi) is 8.98. The number of nitrogens with zero attached hydrogens (tertiary/aromatic N) is 1. The van der Waals surface area contributed by atoms with Gasteiger partial charge in [0.1, 0.15) is 6.10 Å². The Labute approximate surface area is 201 Å². The third kappa shape index (κ3) is 6.32. The van der Waals surface area contributed by atoms with Crippen molar-refractivity contribution in [3.8, 4) is 0 Å². The third-order valence-corrected chi connectivity index (χ3v) is 6.24. The lowest BCUT2D eigenvalue weighted by molar-refractivity contribution is -0.134. The van der Waals surface area contributed by atoms with Crippen molar-refractivity contribution >= 4 is 17.5 Å². The predicted octanol–water partition coefficient (Wildman–Crippen LogP) is 3.22. The molecule has 0 saturated heterocycles. The molecule has 0 bridgehead atoms. The van der Waals surface area contributed by atoms with E-state index in [9.17, 15) is 19.8 Å². The molecule has 2 aromatic carbocycles. The molecular weight excluding hydrogens is 432 g/mol. The van der Waals surface area contributed by atoms with E-state index in [1.165, 1.54) is 12.5 Å². The molecule has 0 spiro atoms. The first-order valence-electron chi connectivity index (χ1n) is 11.6. The van der Waals surface area contributed by atoms with Crippen LogP contribution in [0.15, 0.2) is 60.7 Å². The van der Waals surface area contributed by atoms with Gasteiger partial charge in [0.2, 0.25) is 5.91 Å². The van der Waals surface area contributed by atoms with Crippen LogP contribution in [0.2, 0.25) is 0 Å². The Bertz CT molecular complexity index is 1000. The monoisotopic (exact) mass is 466 g/mol. The minimum absolute atomic E-state index is 0.00595. The number of nitrogens with one attached hydrogen (secondary N) is 1. The zero-order valence-corrected chi connectivity index (χ0v) is 20.0. The van der Waals surface area contributed by atoms with Gasteiger partial charge in [0, 0.05) is 31.7 Å². The van der Waals surface area contributed by atoms with Crippen LogP contribution in [0, 0.1) is 5.92 Å². The van der Waals surface area contributed by atoms with Crippen LogP contribution in [0.25, 0.3) is 0 Å². The number of amides is 2. The molecule has 0 saturated carbocycles. The van der Waals surface area contributed by atoms with E-state index in [1.807, 2.05) is 49.4 Å². The summed E-state index contributed by atoms with van der Waals surface area (Å²) < 4.78 is 5.70. The Morgan fingerprint density at radius 3 is 2.44 bits per heavy atom. The van der Waals surface area contributed by atoms with E-state index in [2.05, 4.69) is 11.4 Å². The molecule has 3 N–H and O–H groups in total. The number of aliphatic hydroxyl groups is 2. The van der Waals surface area contributed by atoms with Gasteiger partial charge >= 0.3 is 0 Å². The molecule has 4 atom stereocenters. The molecular formula is C27H34N2O5. The van der Waals surface area contributed by atoms with E-state index in [1.54, 1.807) is 24.1 Å². The van der Waals surface area contributed by atoms with Gasteiger partial charge in [-0.15, -0.1) is 0 Å². The fraction of sp³-hybridized carbons (Fsp3) is 0.407. The van der Waals surface area contributed by atoms with Gasteiger partial charge < -0.3 is 25.2 Å². The number of carbonyl (C=O) groups is 2. The number of methoxy groups -OCH3 is 1. The maximum atomic E-state index is 12.9. The van der Waals surface area contributed by atoms with Gasteiger partial charge in [-0.1, -0.05) is 55.5 Å². The second-order valence-electron chi connectivity index (χ2n) is 8.77. The summed E-state index contributed by atoms with van der Waals surface area (Å²) in [4.78, 5) is 26.3. The summed E-state index contributed by atoms with van der Waals surface area (Å²) in [5, 5.41) is 21.8. The second kappa shape index (κ2) is 11.9. The van der Waals surface area contributed by atoms with Gasteiger partial charge in [0.15, 0.2) is 0 Å². The highest BCUT2D eigenvalue weighted by Crippen LogP contribution is 2.28. The van der Waals surface area contributed by atoms with Crippen molar-refractivity contribution in [3.05, 3.63) is 77.4 Å². The van der Waals surface area contributed by atoms with Crippen molar-refractivity contribution in [2.24, 2.45) is 5.92 Å². The molecule has 0 unspecified atom stereocenters.